The minimum absolute atomic E-state index is 0.204. The fourth-order valence-corrected chi connectivity index (χ4v) is 2.63. The van der Waals surface area contributed by atoms with Crippen molar-refractivity contribution in [3.63, 3.8) is 0 Å². The van der Waals surface area contributed by atoms with Gasteiger partial charge in [0.2, 0.25) is 5.91 Å². The minimum Gasteiger partial charge on any atom is -0.492 e. The summed E-state index contributed by atoms with van der Waals surface area (Å²) in [5.41, 5.74) is 0.312. The molecule has 0 radical (unpaired) electrons. The minimum atomic E-state index is -1.46. The molecule has 1 aliphatic rings. The SMILES string of the molecule is O=C(NCC(O)c1c(F)cccc1F)C1COc2ccccc21. The topological polar surface area (TPSA) is 58.6 Å². The number of halogens is 2. The molecule has 0 bridgehead atoms. The van der Waals surface area contributed by atoms with Gasteiger partial charge in [0.1, 0.15) is 36.0 Å². The van der Waals surface area contributed by atoms with Crippen molar-refractivity contribution in [3.05, 3.63) is 65.2 Å². The first-order chi connectivity index (χ1) is 11.1. The third-order valence-corrected chi connectivity index (χ3v) is 3.82. The fourth-order valence-electron chi connectivity index (χ4n) is 2.63. The number of carbonyl (C=O) groups is 1. The Labute approximate surface area is 131 Å². The molecule has 0 spiro atoms. The van der Waals surface area contributed by atoms with Crippen LogP contribution in [0.4, 0.5) is 8.78 Å². The van der Waals surface area contributed by atoms with Crippen LogP contribution in [0.1, 0.15) is 23.1 Å². The van der Waals surface area contributed by atoms with E-state index in [4.69, 9.17) is 4.74 Å². The highest BCUT2D eigenvalue weighted by Gasteiger charge is 2.30. The van der Waals surface area contributed by atoms with E-state index in [1.54, 1.807) is 18.2 Å². The maximum Gasteiger partial charge on any atom is 0.231 e. The molecule has 0 fully saturated rings. The second-order valence-electron chi connectivity index (χ2n) is 5.30. The quantitative estimate of drug-likeness (QED) is 0.909. The second-order valence-corrected chi connectivity index (χ2v) is 5.30. The third kappa shape index (κ3) is 3.03. The van der Waals surface area contributed by atoms with Crippen molar-refractivity contribution in [1.29, 1.82) is 0 Å². The van der Waals surface area contributed by atoms with E-state index in [2.05, 4.69) is 5.32 Å². The largest absolute Gasteiger partial charge is 0.492 e. The van der Waals surface area contributed by atoms with E-state index in [0.29, 0.717) is 5.75 Å². The summed E-state index contributed by atoms with van der Waals surface area (Å²) in [5, 5.41) is 12.5. The summed E-state index contributed by atoms with van der Waals surface area (Å²) in [6.45, 7) is -0.0787. The van der Waals surface area contributed by atoms with Crippen LogP contribution in [0.5, 0.6) is 5.75 Å². The monoisotopic (exact) mass is 319 g/mol. The van der Waals surface area contributed by atoms with Gasteiger partial charge in [0.25, 0.3) is 0 Å². The molecule has 2 atom stereocenters. The molecular formula is C17H15F2NO3. The standard InChI is InChI=1S/C17H15F2NO3/c18-12-5-3-6-13(19)16(12)14(21)8-20-17(22)11-9-23-15-7-2-1-4-10(11)15/h1-7,11,14,21H,8-9H2,(H,20,22). The number of ether oxygens (including phenoxy) is 1. The Morgan fingerprint density at radius 1 is 1.22 bits per heavy atom. The number of hydrogen-bond acceptors (Lipinski definition) is 3. The van der Waals surface area contributed by atoms with E-state index in [1.165, 1.54) is 6.07 Å². The smallest absolute Gasteiger partial charge is 0.231 e. The highest BCUT2D eigenvalue weighted by atomic mass is 19.1. The molecule has 1 heterocycles. The van der Waals surface area contributed by atoms with Crippen LogP contribution >= 0.6 is 0 Å². The van der Waals surface area contributed by atoms with Crippen molar-refractivity contribution in [2.75, 3.05) is 13.2 Å². The predicted octanol–water partition coefficient (Wildman–Crippen LogP) is 2.29. The van der Waals surface area contributed by atoms with Crippen LogP contribution in [0.2, 0.25) is 0 Å². The number of para-hydroxylation sites is 1. The van der Waals surface area contributed by atoms with Gasteiger partial charge in [-0.05, 0) is 18.2 Å². The first-order valence-electron chi connectivity index (χ1n) is 7.19. The van der Waals surface area contributed by atoms with Crippen molar-refractivity contribution >= 4 is 5.91 Å². The van der Waals surface area contributed by atoms with Crippen LogP contribution in [0.3, 0.4) is 0 Å². The Hall–Kier alpha value is -2.47. The summed E-state index contributed by atoms with van der Waals surface area (Å²) in [5.74, 6) is -1.90. The van der Waals surface area contributed by atoms with Gasteiger partial charge in [-0.15, -0.1) is 0 Å². The maximum atomic E-state index is 13.6. The number of aliphatic hydroxyl groups excluding tert-OH is 1. The van der Waals surface area contributed by atoms with Crippen LogP contribution in [-0.2, 0) is 4.79 Å². The number of aliphatic hydroxyl groups is 1. The lowest BCUT2D eigenvalue weighted by atomic mass is 10.0. The molecule has 0 saturated heterocycles. The molecule has 1 amide bonds. The van der Waals surface area contributed by atoms with E-state index in [9.17, 15) is 18.7 Å². The molecule has 2 N–H and O–H groups in total. The summed E-state index contributed by atoms with van der Waals surface area (Å²) in [7, 11) is 0. The maximum absolute atomic E-state index is 13.6. The van der Waals surface area contributed by atoms with E-state index in [-0.39, 0.29) is 19.1 Å². The number of fused-ring (bicyclic) bond motifs is 1. The Morgan fingerprint density at radius 3 is 2.65 bits per heavy atom. The van der Waals surface area contributed by atoms with Crippen LogP contribution in [-0.4, -0.2) is 24.2 Å². The molecule has 2 aromatic carbocycles. The molecular weight excluding hydrogens is 304 g/mol. The van der Waals surface area contributed by atoms with Gasteiger partial charge < -0.3 is 15.2 Å². The van der Waals surface area contributed by atoms with Crippen molar-refractivity contribution in [1.82, 2.24) is 5.32 Å². The normalized spacial score (nSPS) is 17.3. The molecule has 0 aliphatic carbocycles. The first-order valence-corrected chi connectivity index (χ1v) is 7.19. The molecule has 2 aromatic rings. The van der Waals surface area contributed by atoms with Gasteiger partial charge in [-0.2, -0.15) is 0 Å². The number of carbonyl (C=O) groups excluding carboxylic acids is 1. The lowest BCUT2D eigenvalue weighted by Gasteiger charge is -2.15. The summed E-state index contributed by atoms with van der Waals surface area (Å²) < 4.78 is 32.6. The summed E-state index contributed by atoms with van der Waals surface area (Å²) in [4.78, 5) is 12.2. The molecule has 2 unspecified atom stereocenters. The van der Waals surface area contributed by atoms with E-state index in [1.807, 2.05) is 6.07 Å². The average molecular weight is 319 g/mol. The Kier molecular flexibility index (Phi) is 4.25. The van der Waals surface area contributed by atoms with Crippen LogP contribution in [0.15, 0.2) is 42.5 Å². The van der Waals surface area contributed by atoms with Crippen molar-refractivity contribution in [2.24, 2.45) is 0 Å². The molecule has 0 aromatic heterocycles. The van der Waals surface area contributed by atoms with Gasteiger partial charge >= 0.3 is 0 Å². The van der Waals surface area contributed by atoms with Crippen LogP contribution in [0, 0.1) is 11.6 Å². The summed E-state index contributed by atoms with van der Waals surface area (Å²) >= 11 is 0. The number of benzene rings is 2. The number of nitrogens with one attached hydrogen (secondary N) is 1. The lowest BCUT2D eigenvalue weighted by Crippen LogP contribution is -2.33. The van der Waals surface area contributed by atoms with E-state index in [0.717, 1.165) is 17.7 Å². The fraction of sp³-hybridized carbons (Fsp3) is 0.235. The zero-order chi connectivity index (χ0) is 16.4. The van der Waals surface area contributed by atoms with Crippen LogP contribution in [0.25, 0.3) is 0 Å². The van der Waals surface area contributed by atoms with Crippen LogP contribution < -0.4 is 10.1 Å². The van der Waals surface area contributed by atoms with Crippen molar-refractivity contribution in [2.45, 2.75) is 12.0 Å². The summed E-state index contributed by atoms with van der Waals surface area (Å²) in [6, 6.07) is 10.5. The van der Waals surface area contributed by atoms with Crippen molar-refractivity contribution in [3.8, 4) is 5.75 Å². The molecule has 120 valence electrons. The third-order valence-electron chi connectivity index (χ3n) is 3.82. The van der Waals surface area contributed by atoms with Gasteiger partial charge in [-0.1, -0.05) is 24.3 Å². The van der Waals surface area contributed by atoms with Gasteiger partial charge in [-0.25, -0.2) is 8.78 Å². The highest BCUT2D eigenvalue weighted by Crippen LogP contribution is 2.33. The van der Waals surface area contributed by atoms with Gasteiger partial charge in [0.15, 0.2) is 0 Å². The first kappa shape index (κ1) is 15.4. The zero-order valence-corrected chi connectivity index (χ0v) is 12.1. The number of rotatable bonds is 4. The van der Waals surface area contributed by atoms with E-state index >= 15 is 0 Å². The van der Waals surface area contributed by atoms with Gasteiger partial charge in [0, 0.05) is 12.1 Å². The van der Waals surface area contributed by atoms with Gasteiger partial charge in [-0.3, -0.25) is 4.79 Å². The number of hydrogen-bond donors (Lipinski definition) is 2. The second kappa shape index (κ2) is 6.34. The van der Waals surface area contributed by atoms with Crippen molar-refractivity contribution < 1.29 is 23.4 Å². The predicted molar refractivity (Wildman–Crippen MR) is 79.0 cm³/mol. The molecule has 23 heavy (non-hydrogen) atoms. The molecule has 1 aliphatic heterocycles. The highest BCUT2D eigenvalue weighted by molar-refractivity contribution is 5.85. The molecule has 0 saturated carbocycles. The Bertz CT molecular complexity index is 715. The molecule has 4 nitrogen and oxygen atoms in total. The summed E-state index contributed by atoms with van der Waals surface area (Å²) in [6.07, 6.45) is -1.46. The zero-order valence-electron chi connectivity index (χ0n) is 12.1. The van der Waals surface area contributed by atoms with Gasteiger partial charge in [0.05, 0.1) is 5.56 Å². The molecule has 3 rings (SSSR count). The Morgan fingerprint density at radius 2 is 1.91 bits per heavy atom. The van der Waals surface area contributed by atoms with E-state index < -0.39 is 29.2 Å². The lowest BCUT2D eigenvalue weighted by molar-refractivity contribution is -0.123. The average Bonchev–Trinajstić information content (AvgIpc) is 2.96. The Balaban J connectivity index is 1.66. The number of amides is 1. The molecule has 6 heteroatoms.